The molecule has 0 radical (unpaired) electrons. The molecule has 0 unspecified atom stereocenters. The quantitative estimate of drug-likeness (QED) is 0.812. The Morgan fingerprint density at radius 1 is 1.32 bits per heavy atom. The molecule has 22 heavy (non-hydrogen) atoms. The molecule has 2 atom stereocenters. The minimum atomic E-state index is 0.0997. The van der Waals surface area contributed by atoms with E-state index in [4.69, 9.17) is 9.47 Å². The van der Waals surface area contributed by atoms with Gasteiger partial charge in [-0.3, -0.25) is 4.79 Å². The zero-order chi connectivity index (χ0) is 15.4. The van der Waals surface area contributed by atoms with E-state index in [1.165, 1.54) is 24.8 Å². The summed E-state index contributed by atoms with van der Waals surface area (Å²) in [6.07, 6.45) is 11.1. The molecule has 0 bridgehead atoms. The van der Waals surface area contributed by atoms with Crippen molar-refractivity contribution in [3.63, 3.8) is 0 Å². The third kappa shape index (κ3) is 3.23. The summed E-state index contributed by atoms with van der Waals surface area (Å²) in [5.74, 6) is 0.0997. The van der Waals surface area contributed by atoms with E-state index >= 15 is 0 Å². The molecule has 1 saturated heterocycles. The van der Waals surface area contributed by atoms with Crippen molar-refractivity contribution in [1.29, 1.82) is 0 Å². The van der Waals surface area contributed by atoms with Crippen molar-refractivity contribution in [2.75, 3.05) is 19.8 Å². The molecule has 0 aromatic rings. The third-order valence-corrected chi connectivity index (χ3v) is 5.72. The summed E-state index contributed by atoms with van der Waals surface area (Å²) in [6.45, 7) is 4.37. The first kappa shape index (κ1) is 16.0. The van der Waals surface area contributed by atoms with Crippen molar-refractivity contribution in [2.45, 2.75) is 70.4 Å². The summed E-state index contributed by atoms with van der Waals surface area (Å²) in [5, 5.41) is 3.26. The summed E-state index contributed by atoms with van der Waals surface area (Å²) in [5.41, 5.74) is 1.43. The molecule has 3 aliphatic rings. The lowest BCUT2D eigenvalue weighted by Crippen LogP contribution is -2.66. The number of carbonyl (C=O) groups is 1. The van der Waals surface area contributed by atoms with Gasteiger partial charge in [0.25, 0.3) is 0 Å². The first-order valence-corrected chi connectivity index (χ1v) is 8.94. The third-order valence-electron chi connectivity index (χ3n) is 5.72. The number of hydrogen-bond donors (Lipinski definition) is 1. The second-order valence-electron chi connectivity index (χ2n) is 6.95. The molecule has 1 spiro atoms. The van der Waals surface area contributed by atoms with Crippen LogP contribution in [0.5, 0.6) is 0 Å². The Bertz CT molecular complexity index is 418. The van der Waals surface area contributed by atoms with Crippen LogP contribution in [0.25, 0.3) is 0 Å². The number of amides is 1. The van der Waals surface area contributed by atoms with Crippen molar-refractivity contribution in [1.82, 2.24) is 5.32 Å². The van der Waals surface area contributed by atoms with Gasteiger partial charge < -0.3 is 14.8 Å². The van der Waals surface area contributed by atoms with Gasteiger partial charge in [-0.05, 0) is 51.9 Å². The average Bonchev–Trinajstić information content (AvgIpc) is 2.55. The second-order valence-corrected chi connectivity index (χ2v) is 6.95. The predicted molar refractivity (Wildman–Crippen MR) is 85.6 cm³/mol. The Morgan fingerprint density at radius 2 is 2.05 bits per heavy atom. The highest BCUT2D eigenvalue weighted by Gasteiger charge is 2.56. The highest BCUT2D eigenvalue weighted by molar-refractivity contribution is 5.88. The number of rotatable bonds is 4. The van der Waals surface area contributed by atoms with Gasteiger partial charge in [0.15, 0.2) is 0 Å². The molecule has 3 fully saturated rings. The van der Waals surface area contributed by atoms with Crippen LogP contribution in [-0.2, 0) is 14.3 Å². The van der Waals surface area contributed by atoms with Crippen LogP contribution in [0, 0.1) is 5.41 Å². The van der Waals surface area contributed by atoms with Gasteiger partial charge >= 0.3 is 0 Å². The zero-order valence-electron chi connectivity index (χ0n) is 13.7. The summed E-state index contributed by atoms with van der Waals surface area (Å²) >= 11 is 0. The Balaban J connectivity index is 1.60. The smallest absolute Gasteiger partial charge is 0.244 e. The van der Waals surface area contributed by atoms with Crippen LogP contribution in [0.3, 0.4) is 0 Å². The molecule has 4 nitrogen and oxygen atoms in total. The summed E-state index contributed by atoms with van der Waals surface area (Å²) < 4.78 is 11.4. The summed E-state index contributed by atoms with van der Waals surface area (Å²) in [6, 6.07) is 0.251. The van der Waals surface area contributed by atoms with E-state index in [-0.39, 0.29) is 23.5 Å². The van der Waals surface area contributed by atoms with E-state index in [1.54, 1.807) is 0 Å². The highest BCUT2D eigenvalue weighted by Crippen LogP contribution is 2.50. The maximum Gasteiger partial charge on any atom is 0.244 e. The van der Waals surface area contributed by atoms with E-state index in [1.807, 2.05) is 13.0 Å². The fourth-order valence-electron chi connectivity index (χ4n) is 4.36. The van der Waals surface area contributed by atoms with Crippen LogP contribution in [0.4, 0.5) is 0 Å². The number of allylic oxidation sites excluding steroid dienone is 1. The minimum absolute atomic E-state index is 0.0997. The van der Waals surface area contributed by atoms with Crippen molar-refractivity contribution in [2.24, 2.45) is 5.41 Å². The zero-order valence-corrected chi connectivity index (χ0v) is 13.7. The molecule has 1 heterocycles. The topological polar surface area (TPSA) is 47.6 Å². The summed E-state index contributed by atoms with van der Waals surface area (Å²) in [7, 11) is 0. The minimum Gasteiger partial charge on any atom is -0.381 e. The lowest BCUT2D eigenvalue weighted by atomic mass is 9.57. The maximum atomic E-state index is 12.3. The largest absolute Gasteiger partial charge is 0.381 e. The molecule has 2 saturated carbocycles. The van der Waals surface area contributed by atoms with Gasteiger partial charge in [-0.25, -0.2) is 0 Å². The van der Waals surface area contributed by atoms with Gasteiger partial charge in [0, 0.05) is 37.4 Å². The monoisotopic (exact) mass is 307 g/mol. The predicted octanol–water partition coefficient (Wildman–Crippen LogP) is 2.97. The SMILES string of the molecule is CCO[C@@H]1C[C@@H](NC(=O)C=C2CCCCC2)C12CCOCC2. The number of nitrogens with one attached hydrogen (secondary N) is 1. The first-order chi connectivity index (χ1) is 10.7. The van der Waals surface area contributed by atoms with Crippen LogP contribution in [0.15, 0.2) is 11.6 Å². The van der Waals surface area contributed by atoms with E-state index < -0.39 is 0 Å². The van der Waals surface area contributed by atoms with Crippen molar-refractivity contribution in [3.8, 4) is 0 Å². The van der Waals surface area contributed by atoms with Crippen LogP contribution in [0.1, 0.15) is 58.3 Å². The van der Waals surface area contributed by atoms with Crippen LogP contribution >= 0.6 is 0 Å². The Hall–Kier alpha value is -0.870. The Labute approximate surface area is 133 Å². The average molecular weight is 307 g/mol. The number of hydrogen-bond acceptors (Lipinski definition) is 3. The normalized spacial score (nSPS) is 30.7. The lowest BCUT2D eigenvalue weighted by molar-refractivity contribution is -0.174. The molecule has 4 heteroatoms. The van der Waals surface area contributed by atoms with Crippen molar-refractivity contribution >= 4 is 5.91 Å². The fraction of sp³-hybridized carbons (Fsp3) is 0.833. The van der Waals surface area contributed by atoms with Crippen molar-refractivity contribution < 1.29 is 14.3 Å². The molecule has 1 N–H and O–H groups in total. The molecule has 3 rings (SSSR count). The van der Waals surface area contributed by atoms with Crippen LogP contribution in [-0.4, -0.2) is 37.9 Å². The van der Waals surface area contributed by atoms with E-state index in [0.717, 1.165) is 51.9 Å². The lowest BCUT2D eigenvalue weighted by Gasteiger charge is -2.57. The second kappa shape index (κ2) is 7.14. The van der Waals surface area contributed by atoms with E-state index in [2.05, 4.69) is 5.32 Å². The maximum absolute atomic E-state index is 12.3. The van der Waals surface area contributed by atoms with Crippen LogP contribution < -0.4 is 5.32 Å². The van der Waals surface area contributed by atoms with Crippen molar-refractivity contribution in [3.05, 3.63) is 11.6 Å². The fourth-order valence-corrected chi connectivity index (χ4v) is 4.36. The van der Waals surface area contributed by atoms with Gasteiger partial charge in [-0.15, -0.1) is 0 Å². The molecule has 1 aliphatic heterocycles. The summed E-state index contributed by atoms with van der Waals surface area (Å²) in [4.78, 5) is 12.3. The van der Waals surface area contributed by atoms with E-state index in [9.17, 15) is 4.79 Å². The van der Waals surface area contributed by atoms with Gasteiger partial charge in [0.1, 0.15) is 0 Å². The molecular formula is C18H29NO3. The number of carbonyl (C=O) groups excluding carboxylic acids is 1. The Morgan fingerprint density at radius 3 is 2.73 bits per heavy atom. The standard InChI is InChI=1S/C18H29NO3/c1-2-22-16-13-15(18(16)8-10-21-11-9-18)19-17(20)12-14-6-4-3-5-7-14/h12,15-16H,2-11,13H2,1H3,(H,19,20)/t15-,16-/m1/s1. The molecular weight excluding hydrogens is 278 g/mol. The molecule has 0 aromatic heterocycles. The molecule has 124 valence electrons. The molecule has 1 amide bonds. The van der Waals surface area contributed by atoms with Gasteiger partial charge in [0.2, 0.25) is 5.91 Å². The van der Waals surface area contributed by atoms with E-state index in [0.29, 0.717) is 0 Å². The Kier molecular flexibility index (Phi) is 5.19. The highest BCUT2D eigenvalue weighted by atomic mass is 16.5. The van der Waals surface area contributed by atoms with Crippen LogP contribution in [0.2, 0.25) is 0 Å². The van der Waals surface area contributed by atoms with Gasteiger partial charge in [-0.2, -0.15) is 0 Å². The van der Waals surface area contributed by atoms with Gasteiger partial charge in [0.05, 0.1) is 6.10 Å². The van der Waals surface area contributed by atoms with Gasteiger partial charge in [-0.1, -0.05) is 12.0 Å². The molecule has 2 aliphatic carbocycles. The molecule has 0 aromatic carbocycles. The first-order valence-electron chi connectivity index (χ1n) is 8.94. The number of ether oxygens (including phenoxy) is 2.